The Morgan fingerprint density at radius 2 is 1.82 bits per heavy atom. The molecule has 0 atom stereocenters. The number of carbonyl (C=O) groups is 1. The molecule has 2 aromatic rings. The third-order valence-electron chi connectivity index (χ3n) is 2.72. The summed E-state index contributed by atoms with van der Waals surface area (Å²) in [6.07, 6.45) is 0.600. The van der Waals surface area contributed by atoms with Crippen LogP contribution in [-0.4, -0.2) is 10.9 Å². The van der Waals surface area contributed by atoms with E-state index in [-0.39, 0.29) is 11.1 Å². The summed E-state index contributed by atoms with van der Waals surface area (Å²) in [6, 6.07) is 13.1. The van der Waals surface area contributed by atoms with Crippen molar-refractivity contribution in [1.29, 1.82) is 0 Å². The van der Waals surface area contributed by atoms with Gasteiger partial charge in [0.05, 0.1) is 11.3 Å². The molecule has 0 amide bonds. The minimum Gasteiger partial charge on any atom is -0.308 e. The van der Waals surface area contributed by atoms with Gasteiger partial charge in [-0.15, -0.1) is 0 Å². The first-order valence-corrected chi connectivity index (χ1v) is 5.52. The number of aldehydes is 1. The highest BCUT2D eigenvalue weighted by Crippen LogP contribution is 2.17. The monoisotopic (exact) mass is 227 g/mol. The Bertz CT molecular complexity index is 585. The molecule has 3 nitrogen and oxygen atoms in total. The molecule has 0 saturated heterocycles. The van der Waals surface area contributed by atoms with Gasteiger partial charge >= 0.3 is 0 Å². The highest BCUT2D eigenvalue weighted by molar-refractivity contribution is 5.75. The van der Waals surface area contributed by atoms with Crippen molar-refractivity contribution in [2.45, 2.75) is 13.5 Å². The lowest BCUT2D eigenvalue weighted by Crippen LogP contribution is -2.24. The second kappa shape index (κ2) is 4.78. The van der Waals surface area contributed by atoms with Crippen molar-refractivity contribution in [2.75, 3.05) is 0 Å². The Morgan fingerprint density at radius 1 is 1.12 bits per heavy atom. The average Bonchev–Trinajstić information content (AvgIpc) is 2.39. The normalized spacial score (nSPS) is 10.2. The predicted octanol–water partition coefficient (Wildman–Crippen LogP) is 2.35. The number of aromatic nitrogens is 1. The van der Waals surface area contributed by atoms with Crippen LogP contribution >= 0.6 is 0 Å². The molecule has 0 bridgehead atoms. The van der Waals surface area contributed by atoms with Gasteiger partial charge in [-0.25, -0.2) is 0 Å². The van der Waals surface area contributed by atoms with Gasteiger partial charge in [0.15, 0.2) is 6.29 Å². The zero-order chi connectivity index (χ0) is 12.3. The quantitative estimate of drug-likeness (QED) is 0.755. The molecule has 1 heterocycles. The van der Waals surface area contributed by atoms with Crippen LogP contribution in [0.4, 0.5) is 0 Å². The van der Waals surface area contributed by atoms with Crippen LogP contribution < -0.4 is 5.56 Å². The summed E-state index contributed by atoms with van der Waals surface area (Å²) in [6.45, 7) is 2.44. The molecule has 0 fully saturated rings. The molecule has 17 heavy (non-hydrogen) atoms. The molecule has 0 aliphatic heterocycles. The fourth-order valence-corrected chi connectivity index (χ4v) is 1.86. The summed E-state index contributed by atoms with van der Waals surface area (Å²) in [4.78, 5) is 22.7. The molecule has 0 unspecified atom stereocenters. The maximum atomic E-state index is 12.0. The first-order valence-electron chi connectivity index (χ1n) is 5.52. The van der Waals surface area contributed by atoms with Gasteiger partial charge in [-0.2, -0.15) is 0 Å². The first-order chi connectivity index (χ1) is 8.27. The molecule has 0 aliphatic carbocycles. The molecular weight excluding hydrogens is 214 g/mol. The number of rotatable bonds is 3. The SMILES string of the molecule is CCn1c(-c2ccccc2)ccc(C=O)c1=O. The van der Waals surface area contributed by atoms with E-state index >= 15 is 0 Å². The van der Waals surface area contributed by atoms with Crippen LogP contribution in [0.15, 0.2) is 47.3 Å². The van der Waals surface area contributed by atoms with E-state index in [1.807, 2.05) is 43.3 Å². The Hall–Kier alpha value is -2.16. The van der Waals surface area contributed by atoms with Crippen LogP contribution in [-0.2, 0) is 6.54 Å². The fraction of sp³-hybridized carbons (Fsp3) is 0.143. The van der Waals surface area contributed by atoms with E-state index < -0.39 is 0 Å². The first kappa shape index (κ1) is 11.3. The number of hydrogen-bond acceptors (Lipinski definition) is 2. The molecule has 86 valence electrons. The van der Waals surface area contributed by atoms with Gasteiger partial charge in [0, 0.05) is 6.54 Å². The maximum Gasteiger partial charge on any atom is 0.261 e. The van der Waals surface area contributed by atoms with E-state index in [0.29, 0.717) is 12.8 Å². The summed E-state index contributed by atoms with van der Waals surface area (Å²) in [5, 5.41) is 0. The van der Waals surface area contributed by atoms with Gasteiger partial charge < -0.3 is 4.57 Å². The molecule has 1 aromatic carbocycles. The zero-order valence-electron chi connectivity index (χ0n) is 9.59. The summed E-state index contributed by atoms with van der Waals surface area (Å²) in [7, 11) is 0. The van der Waals surface area contributed by atoms with Crippen molar-refractivity contribution in [1.82, 2.24) is 4.57 Å². The smallest absolute Gasteiger partial charge is 0.261 e. The largest absolute Gasteiger partial charge is 0.308 e. The third-order valence-corrected chi connectivity index (χ3v) is 2.72. The van der Waals surface area contributed by atoms with Crippen LogP contribution in [0, 0.1) is 0 Å². The predicted molar refractivity (Wildman–Crippen MR) is 67.2 cm³/mol. The lowest BCUT2D eigenvalue weighted by Gasteiger charge is -2.11. The third kappa shape index (κ3) is 2.04. The van der Waals surface area contributed by atoms with Crippen LogP contribution in [0.1, 0.15) is 17.3 Å². The van der Waals surface area contributed by atoms with Gasteiger partial charge in [-0.05, 0) is 24.6 Å². The molecule has 3 heteroatoms. The summed E-state index contributed by atoms with van der Waals surface area (Å²) >= 11 is 0. The van der Waals surface area contributed by atoms with Crippen molar-refractivity contribution in [2.24, 2.45) is 0 Å². The minimum atomic E-state index is -0.233. The van der Waals surface area contributed by atoms with Crippen molar-refractivity contribution >= 4 is 6.29 Å². The molecule has 0 saturated carbocycles. The van der Waals surface area contributed by atoms with Crippen molar-refractivity contribution in [3.8, 4) is 11.3 Å². The van der Waals surface area contributed by atoms with Crippen LogP contribution in [0.2, 0.25) is 0 Å². The summed E-state index contributed by atoms with van der Waals surface area (Å²) in [5.41, 5.74) is 1.78. The lowest BCUT2D eigenvalue weighted by atomic mass is 10.1. The highest BCUT2D eigenvalue weighted by atomic mass is 16.1. The number of nitrogens with zero attached hydrogens (tertiary/aromatic N) is 1. The van der Waals surface area contributed by atoms with E-state index in [4.69, 9.17) is 0 Å². The van der Waals surface area contributed by atoms with Gasteiger partial charge in [0.1, 0.15) is 0 Å². The van der Waals surface area contributed by atoms with Crippen molar-refractivity contribution < 1.29 is 4.79 Å². The second-order valence-electron chi connectivity index (χ2n) is 3.71. The number of pyridine rings is 1. The van der Waals surface area contributed by atoms with E-state index in [0.717, 1.165) is 11.3 Å². The fourth-order valence-electron chi connectivity index (χ4n) is 1.86. The van der Waals surface area contributed by atoms with Gasteiger partial charge in [0.25, 0.3) is 5.56 Å². The molecule has 0 radical (unpaired) electrons. The highest BCUT2D eigenvalue weighted by Gasteiger charge is 2.07. The zero-order valence-corrected chi connectivity index (χ0v) is 9.59. The Labute approximate surface area is 99.3 Å². The van der Waals surface area contributed by atoms with E-state index in [2.05, 4.69) is 0 Å². The molecule has 0 spiro atoms. The van der Waals surface area contributed by atoms with Gasteiger partial charge in [-0.1, -0.05) is 30.3 Å². The maximum absolute atomic E-state index is 12.0. The summed E-state index contributed by atoms with van der Waals surface area (Å²) in [5.74, 6) is 0. The topological polar surface area (TPSA) is 39.1 Å². The van der Waals surface area contributed by atoms with Crippen LogP contribution in [0.3, 0.4) is 0 Å². The van der Waals surface area contributed by atoms with E-state index in [9.17, 15) is 9.59 Å². The molecule has 1 aromatic heterocycles. The van der Waals surface area contributed by atoms with Crippen molar-refractivity contribution in [3.05, 3.63) is 58.4 Å². The molecule has 0 aliphatic rings. The van der Waals surface area contributed by atoms with Gasteiger partial charge in [-0.3, -0.25) is 9.59 Å². The lowest BCUT2D eigenvalue weighted by molar-refractivity contribution is 0.112. The minimum absolute atomic E-state index is 0.200. The van der Waals surface area contributed by atoms with Crippen molar-refractivity contribution in [3.63, 3.8) is 0 Å². The average molecular weight is 227 g/mol. The van der Waals surface area contributed by atoms with E-state index in [1.165, 1.54) is 0 Å². The second-order valence-corrected chi connectivity index (χ2v) is 3.71. The number of hydrogen-bond donors (Lipinski definition) is 0. The van der Waals surface area contributed by atoms with E-state index in [1.54, 1.807) is 10.6 Å². The molecule has 2 rings (SSSR count). The number of carbonyl (C=O) groups excluding carboxylic acids is 1. The Kier molecular flexibility index (Phi) is 3.19. The Morgan fingerprint density at radius 3 is 2.41 bits per heavy atom. The summed E-state index contributed by atoms with van der Waals surface area (Å²) < 4.78 is 1.61. The van der Waals surface area contributed by atoms with Gasteiger partial charge in [0.2, 0.25) is 0 Å². The van der Waals surface area contributed by atoms with Crippen LogP contribution in [0.25, 0.3) is 11.3 Å². The molecular formula is C14H13NO2. The standard InChI is InChI=1S/C14H13NO2/c1-2-15-13(11-6-4-3-5-7-11)9-8-12(10-16)14(15)17/h3-10H,2H2,1H3. The van der Waals surface area contributed by atoms with Crippen LogP contribution in [0.5, 0.6) is 0 Å². The molecule has 0 N–H and O–H groups in total. The number of benzene rings is 1. The Balaban J connectivity index is 2.68.